The van der Waals surface area contributed by atoms with Gasteiger partial charge < -0.3 is 16.0 Å². The molecule has 0 saturated carbocycles. The van der Waals surface area contributed by atoms with Gasteiger partial charge in [0.1, 0.15) is 0 Å². The number of nitrogen functional groups attached to an aromatic ring is 1. The summed E-state index contributed by atoms with van der Waals surface area (Å²) in [5, 5.41) is 5.05. The van der Waals surface area contributed by atoms with Crippen LogP contribution in [0.15, 0.2) is 66.7 Å². The van der Waals surface area contributed by atoms with Crippen molar-refractivity contribution in [1.82, 2.24) is 4.98 Å². The van der Waals surface area contributed by atoms with Crippen LogP contribution >= 0.6 is 0 Å². The molecule has 4 nitrogen and oxygen atoms in total. The predicted molar refractivity (Wildman–Crippen MR) is 94.6 cm³/mol. The van der Waals surface area contributed by atoms with Gasteiger partial charge in [-0.05, 0) is 30.3 Å². The summed E-state index contributed by atoms with van der Waals surface area (Å²) < 4.78 is 0. The zero-order chi connectivity index (χ0) is 15.8. The number of aromatic amines is 1. The lowest BCUT2D eigenvalue weighted by Gasteiger charge is -2.07. The highest BCUT2D eigenvalue weighted by atomic mass is 16.1. The fraction of sp³-hybridized carbons (Fsp3) is 0. The molecule has 0 spiro atoms. The molecule has 0 saturated heterocycles. The Morgan fingerprint density at radius 1 is 0.913 bits per heavy atom. The van der Waals surface area contributed by atoms with Gasteiger partial charge in [0.25, 0.3) is 5.91 Å². The van der Waals surface area contributed by atoms with Crippen LogP contribution in [0.4, 0.5) is 11.4 Å². The summed E-state index contributed by atoms with van der Waals surface area (Å²) in [4.78, 5) is 16.0. The van der Waals surface area contributed by atoms with Crippen LogP contribution < -0.4 is 11.1 Å². The fourth-order valence-electron chi connectivity index (χ4n) is 2.88. The Kier molecular flexibility index (Phi) is 3.01. The van der Waals surface area contributed by atoms with Crippen LogP contribution in [0, 0.1) is 0 Å². The third-order valence-corrected chi connectivity index (χ3v) is 3.93. The van der Waals surface area contributed by atoms with E-state index >= 15 is 0 Å². The van der Waals surface area contributed by atoms with Gasteiger partial charge in [-0.1, -0.05) is 36.4 Å². The molecule has 0 unspecified atom stereocenters. The molecule has 1 aromatic heterocycles. The summed E-state index contributed by atoms with van der Waals surface area (Å²) in [5.41, 5.74) is 9.53. The van der Waals surface area contributed by atoms with Gasteiger partial charge in [-0.15, -0.1) is 0 Å². The van der Waals surface area contributed by atoms with Crippen molar-refractivity contribution in [1.29, 1.82) is 0 Å². The minimum Gasteiger partial charge on any atom is -0.399 e. The number of para-hydroxylation sites is 2. The SMILES string of the molecule is Nc1cccc(NC(=O)c2cccc3c2[nH]c2ccccc23)c1. The Bertz CT molecular complexity index is 1030. The molecule has 0 aliphatic rings. The number of nitrogens with two attached hydrogens (primary N) is 1. The van der Waals surface area contributed by atoms with Crippen LogP contribution in [0.3, 0.4) is 0 Å². The van der Waals surface area contributed by atoms with Crippen molar-refractivity contribution in [3.8, 4) is 0 Å². The van der Waals surface area contributed by atoms with Crippen LogP contribution in [-0.4, -0.2) is 10.9 Å². The van der Waals surface area contributed by atoms with E-state index < -0.39 is 0 Å². The van der Waals surface area contributed by atoms with E-state index in [2.05, 4.69) is 10.3 Å². The molecule has 0 aliphatic heterocycles. The fourth-order valence-corrected chi connectivity index (χ4v) is 2.88. The third kappa shape index (κ3) is 2.30. The number of nitrogens with one attached hydrogen (secondary N) is 2. The molecule has 0 fully saturated rings. The topological polar surface area (TPSA) is 70.9 Å². The number of hydrogen-bond acceptors (Lipinski definition) is 2. The second kappa shape index (κ2) is 5.18. The number of fused-ring (bicyclic) bond motifs is 3. The summed E-state index contributed by atoms with van der Waals surface area (Å²) in [6, 6.07) is 20.9. The number of rotatable bonds is 2. The lowest BCUT2D eigenvalue weighted by Crippen LogP contribution is -2.12. The minimum atomic E-state index is -0.159. The van der Waals surface area contributed by atoms with E-state index in [1.165, 1.54) is 0 Å². The molecule has 112 valence electrons. The highest BCUT2D eigenvalue weighted by molar-refractivity contribution is 6.17. The molecule has 23 heavy (non-hydrogen) atoms. The number of amides is 1. The first-order chi connectivity index (χ1) is 11.2. The van der Waals surface area contributed by atoms with Gasteiger partial charge in [-0.2, -0.15) is 0 Å². The van der Waals surface area contributed by atoms with Crippen LogP contribution in [0.25, 0.3) is 21.8 Å². The van der Waals surface area contributed by atoms with E-state index in [9.17, 15) is 4.79 Å². The second-order valence-corrected chi connectivity index (χ2v) is 5.48. The highest BCUT2D eigenvalue weighted by Gasteiger charge is 2.13. The minimum absolute atomic E-state index is 0.159. The molecular formula is C19H15N3O. The average Bonchev–Trinajstić information content (AvgIpc) is 2.93. The van der Waals surface area contributed by atoms with Crippen molar-refractivity contribution in [2.24, 2.45) is 0 Å². The van der Waals surface area contributed by atoms with E-state index in [1.54, 1.807) is 12.1 Å². The number of hydrogen-bond donors (Lipinski definition) is 3. The lowest BCUT2D eigenvalue weighted by atomic mass is 10.1. The molecule has 4 heteroatoms. The highest BCUT2D eigenvalue weighted by Crippen LogP contribution is 2.28. The zero-order valence-electron chi connectivity index (χ0n) is 12.3. The maximum absolute atomic E-state index is 12.6. The summed E-state index contributed by atoms with van der Waals surface area (Å²) in [6.07, 6.45) is 0. The van der Waals surface area contributed by atoms with Gasteiger partial charge in [0.2, 0.25) is 0 Å². The number of aromatic nitrogens is 1. The Balaban J connectivity index is 1.80. The third-order valence-electron chi connectivity index (χ3n) is 3.93. The second-order valence-electron chi connectivity index (χ2n) is 5.48. The van der Waals surface area contributed by atoms with E-state index in [-0.39, 0.29) is 5.91 Å². The van der Waals surface area contributed by atoms with Gasteiger partial charge in [0, 0.05) is 27.7 Å². The Labute approximate surface area is 132 Å². The van der Waals surface area contributed by atoms with Gasteiger partial charge in [-0.3, -0.25) is 4.79 Å². The van der Waals surface area contributed by atoms with Gasteiger partial charge in [-0.25, -0.2) is 0 Å². The number of carbonyl (C=O) groups is 1. The molecule has 3 aromatic carbocycles. The monoisotopic (exact) mass is 301 g/mol. The van der Waals surface area contributed by atoms with Crippen molar-refractivity contribution >= 4 is 39.1 Å². The number of benzene rings is 3. The molecule has 4 rings (SSSR count). The normalized spacial score (nSPS) is 11.0. The Hall–Kier alpha value is -3.27. The van der Waals surface area contributed by atoms with Gasteiger partial charge >= 0.3 is 0 Å². The van der Waals surface area contributed by atoms with Gasteiger partial charge in [0.15, 0.2) is 0 Å². The Morgan fingerprint density at radius 3 is 2.57 bits per heavy atom. The van der Waals surface area contributed by atoms with Crippen LogP contribution in [0.5, 0.6) is 0 Å². The van der Waals surface area contributed by atoms with Crippen LogP contribution in [-0.2, 0) is 0 Å². The molecular weight excluding hydrogens is 286 g/mol. The van der Waals surface area contributed by atoms with Crippen molar-refractivity contribution in [2.45, 2.75) is 0 Å². The number of anilines is 2. The number of H-pyrrole nitrogens is 1. The molecule has 0 bridgehead atoms. The molecule has 1 heterocycles. The van der Waals surface area contributed by atoms with E-state index in [1.807, 2.05) is 54.6 Å². The molecule has 4 N–H and O–H groups in total. The Morgan fingerprint density at radius 2 is 1.70 bits per heavy atom. The molecule has 4 aromatic rings. The lowest BCUT2D eigenvalue weighted by molar-refractivity contribution is 0.102. The maximum Gasteiger partial charge on any atom is 0.257 e. The largest absolute Gasteiger partial charge is 0.399 e. The van der Waals surface area contributed by atoms with Crippen molar-refractivity contribution in [3.63, 3.8) is 0 Å². The van der Waals surface area contributed by atoms with Crippen molar-refractivity contribution in [2.75, 3.05) is 11.1 Å². The summed E-state index contributed by atoms with van der Waals surface area (Å²) >= 11 is 0. The molecule has 0 radical (unpaired) electrons. The first-order valence-corrected chi connectivity index (χ1v) is 7.39. The van der Waals surface area contributed by atoms with E-state index in [0.29, 0.717) is 16.9 Å². The summed E-state index contributed by atoms with van der Waals surface area (Å²) in [6.45, 7) is 0. The van der Waals surface area contributed by atoms with Gasteiger partial charge in [0.05, 0.1) is 11.1 Å². The standard InChI is InChI=1S/C19H15N3O/c20-12-5-3-6-13(11-12)21-19(23)16-9-4-8-15-14-7-1-2-10-17(14)22-18(15)16/h1-11,22H,20H2,(H,21,23). The van der Waals surface area contributed by atoms with E-state index in [0.717, 1.165) is 21.8 Å². The van der Waals surface area contributed by atoms with E-state index in [4.69, 9.17) is 5.73 Å². The summed E-state index contributed by atoms with van der Waals surface area (Å²) in [5.74, 6) is -0.159. The van der Waals surface area contributed by atoms with Crippen LogP contribution in [0.1, 0.15) is 10.4 Å². The molecule has 1 amide bonds. The predicted octanol–water partition coefficient (Wildman–Crippen LogP) is 4.16. The average molecular weight is 301 g/mol. The quantitative estimate of drug-likeness (QED) is 0.487. The molecule has 0 atom stereocenters. The smallest absolute Gasteiger partial charge is 0.257 e. The zero-order valence-corrected chi connectivity index (χ0v) is 12.3. The number of carbonyl (C=O) groups excluding carboxylic acids is 1. The first kappa shape index (κ1) is 13.4. The summed E-state index contributed by atoms with van der Waals surface area (Å²) in [7, 11) is 0. The molecule has 0 aliphatic carbocycles. The first-order valence-electron chi connectivity index (χ1n) is 7.39. The van der Waals surface area contributed by atoms with Crippen molar-refractivity contribution in [3.05, 3.63) is 72.3 Å². The maximum atomic E-state index is 12.6. The van der Waals surface area contributed by atoms with Crippen LogP contribution in [0.2, 0.25) is 0 Å². The van der Waals surface area contributed by atoms with Crippen molar-refractivity contribution < 1.29 is 4.79 Å².